The normalized spacial score (nSPS) is 16.6. The molecule has 1 aliphatic rings. The van der Waals surface area contributed by atoms with Crippen LogP contribution in [0, 0.1) is 18.7 Å². The highest BCUT2D eigenvalue weighted by molar-refractivity contribution is 7.89. The standard InChI is InChI=1S/C17H25FN2O3S/c1-12(2)10-17(21)20-8-6-14(7-9-20)19-24(22,23)15-4-5-16(18)13(3)11-15/h4-5,11-12,14,19H,6-10H2,1-3H3. The largest absolute Gasteiger partial charge is 0.343 e. The number of nitrogens with one attached hydrogen (secondary N) is 1. The van der Waals surface area contributed by atoms with Gasteiger partial charge in [-0.2, -0.15) is 0 Å². The SMILES string of the molecule is Cc1cc(S(=O)(=O)NC2CCN(C(=O)CC(C)C)CC2)ccc1F. The fourth-order valence-electron chi connectivity index (χ4n) is 2.80. The Labute approximate surface area is 143 Å². The van der Waals surface area contributed by atoms with Gasteiger partial charge in [-0.15, -0.1) is 0 Å². The third kappa shape index (κ3) is 4.77. The average Bonchev–Trinajstić information content (AvgIpc) is 2.49. The molecule has 0 spiro atoms. The van der Waals surface area contributed by atoms with E-state index in [4.69, 9.17) is 0 Å². The molecule has 1 N–H and O–H groups in total. The molecule has 0 radical (unpaired) electrons. The Morgan fingerprint density at radius 1 is 1.33 bits per heavy atom. The zero-order chi connectivity index (χ0) is 17.9. The zero-order valence-corrected chi connectivity index (χ0v) is 15.2. The Bertz CT molecular complexity index is 696. The minimum atomic E-state index is -3.68. The van der Waals surface area contributed by atoms with Crippen LogP contribution >= 0.6 is 0 Å². The van der Waals surface area contributed by atoms with Gasteiger partial charge >= 0.3 is 0 Å². The van der Waals surface area contributed by atoms with Crippen molar-refractivity contribution in [1.29, 1.82) is 0 Å². The maximum atomic E-state index is 13.3. The first kappa shape index (κ1) is 18.9. The Hall–Kier alpha value is -1.47. The van der Waals surface area contributed by atoms with Crippen LogP contribution in [0.2, 0.25) is 0 Å². The van der Waals surface area contributed by atoms with Crippen molar-refractivity contribution < 1.29 is 17.6 Å². The van der Waals surface area contributed by atoms with Gasteiger partial charge in [0.1, 0.15) is 5.82 Å². The Balaban J connectivity index is 1.95. The van der Waals surface area contributed by atoms with E-state index in [1.807, 2.05) is 13.8 Å². The van der Waals surface area contributed by atoms with Crippen molar-refractivity contribution in [2.45, 2.75) is 51.0 Å². The van der Waals surface area contributed by atoms with Gasteiger partial charge in [0.2, 0.25) is 15.9 Å². The Kier molecular flexibility index (Phi) is 5.98. The summed E-state index contributed by atoms with van der Waals surface area (Å²) in [4.78, 5) is 13.9. The second kappa shape index (κ2) is 7.61. The molecule has 1 amide bonds. The Morgan fingerprint density at radius 3 is 2.50 bits per heavy atom. The maximum absolute atomic E-state index is 13.3. The molecule has 1 saturated heterocycles. The van der Waals surface area contributed by atoms with Crippen molar-refractivity contribution in [3.05, 3.63) is 29.6 Å². The molecule has 1 heterocycles. The fourth-order valence-corrected chi connectivity index (χ4v) is 4.19. The average molecular weight is 356 g/mol. The van der Waals surface area contributed by atoms with Crippen LogP contribution in [-0.4, -0.2) is 38.4 Å². The molecular weight excluding hydrogens is 331 g/mol. The van der Waals surface area contributed by atoms with Gasteiger partial charge in [0.15, 0.2) is 0 Å². The van der Waals surface area contributed by atoms with Gasteiger partial charge in [-0.3, -0.25) is 4.79 Å². The van der Waals surface area contributed by atoms with E-state index in [0.29, 0.717) is 43.8 Å². The molecule has 134 valence electrons. The van der Waals surface area contributed by atoms with Crippen LogP contribution in [0.1, 0.15) is 38.7 Å². The fraction of sp³-hybridized carbons (Fsp3) is 0.588. The van der Waals surface area contributed by atoms with Crippen molar-refractivity contribution in [2.24, 2.45) is 5.92 Å². The molecule has 0 aliphatic carbocycles. The topological polar surface area (TPSA) is 66.5 Å². The number of likely N-dealkylation sites (tertiary alicyclic amines) is 1. The van der Waals surface area contributed by atoms with Crippen LogP contribution in [0.25, 0.3) is 0 Å². The van der Waals surface area contributed by atoms with E-state index in [2.05, 4.69) is 4.72 Å². The summed E-state index contributed by atoms with van der Waals surface area (Å²) in [7, 11) is -3.68. The van der Waals surface area contributed by atoms with Gasteiger partial charge < -0.3 is 4.90 Å². The zero-order valence-electron chi connectivity index (χ0n) is 14.4. The second-order valence-electron chi connectivity index (χ2n) is 6.79. The first-order valence-electron chi connectivity index (χ1n) is 8.25. The molecule has 24 heavy (non-hydrogen) atoms. The van der Waals surface area contributed by atoms with Crippen LogP contribution in [-0.2, 0) is 14.8 Å². The third-order valence-electron chi connectivity index (χ3n) is 4.19. The Morgan fingerprint density at radius 2 is 1.96 bits per heavy atom. The lowest BCUT2D eigenvalue weighted by Gasteiger charge is -2.32. The number of hydrogen-bond donors (Lipinski definition) is 1. The molecule has 0 saturated carbocycles. The number of rotatable bonds is 5. The number of piperidine rings is 1. The van der Waals surface area contributed by atoms with Crippen LogP contribution in [0.3, 0.4) is 0 Å². The van der Waals surface area contributed by atoms with Crippen molar-refractivity contribution in [2.75, 3.05) is 13.1 Å². The summed E-state index contributed by atoms with van der Waals surface area (Å²) in [5.41, 5.74) is 0.298. The summed E-state index contributed by atoms with van der Waals surface area (Å²) in [6.07, 6.45) is 1.69. The van der Waals surface area contributed by atoms with Crippen molar-refractivity contribution in [3.8, 4) is 0 Å². The number of benzene rings is 1. The predicted octanol–water partition coefficient (Wildman–Crippen LogP) is 2.45. The van der Waals surface area contributed by atoms with Crippen LogP contribution in [0.4, 0.5) is 4.39 Å². The van der Waals surface area contributed by atoms with E-state index in [1.165, 1.54) is 19.1 Å². The minimum Gasteiger partial charge on any atom is -0.343 e. The highest BCUT2D eigenvalue weighted by atomic mass is 32.2. The first-order chi connectivity index (χ1) is 11.2. The van der Waals surface area contributed by atoms with Gasteiger partial charge in [-0.05, 0) is 49.4 Å². The van der Waals surface area contributed by atoms with E-state index in [-0.39, 0.29) is 16.8 Å². The monoisotopic (exact) mass is 356 g/mol. The molecule has 1 aromatic carbocycles. The van der Waals surface area contributed by atoms with Crippen molar-refractivity contribution >= 4 is 15.9 Å². The molecule has 2 rings (SSSR count). The van der Waals surface area contributed by atoms with E-state index < -0.39 is 15.8 Å². The summed E-state index contributed by atoms with van der Waals surface area (Å²) in [5.74, 6) is 0.0156. The van der Waals surface area contributed by atoms with Crippen LogP contribution in [0.15, 0.2) is 23.1 Å². The number of nitrogens with zero attached hydrogens (tertiary/aromatic N) is 1. The number of hydrogen-bond acceptors (Lipinski definition) is 3. The van der Waals surface area contributed by atoms with E-state index in [0.717, 1.165) is 6.07 Å². The summed E-state index contributed by atoms with van der Waals surface area (Å²) in [5, 5.41) is 0. The molecule has 1 fully saturated rings. The molecule has 0 atom stereocenters. The third-order valence-corrected chi connectivity index (χ3v) is 5.71. The molecule has 0 bridgehead atoms. The van der Waals surface area contributed by atoms with Crippen molar-refractivity contribution in [1.82, 2.24) is 9.62 Å². The number of carbonyl (C=O) groups excluding carboxylic acids is 1. The lowest BCUT2D eigenvalue weighted by molar-refractivity contribution is -0.133. The summed E-state index contributed by atoms with van der Waals surface area (Å²) >= 11 is 0. The highest BCUT2D eigenvalue weighted by Gasteiger charge is 2.27. The summed E-state index contributed by atoms with van der Waals surface area (Å²) < 4.78 is 40.8. The van der Waals surface area contributed by atoms with Gasteiger partial charge in [-0.25, -0.2) is 17.5 Å². The molecule has 0 aromatic heterocycles. The van der Waals surface area contributed by atoms with E-state index in [1.54, 1.807) is 4.90 Å². The van der Waals surface area contributed by atoms with Gasteiger partial charge in [-0.1, -0.05) is 13.8 Å². The summed E-state index contributed by atoms with van der Waals surface area (Å²) in [6, 6.07) is 3.56. The number of sulfonamides is 1. The molecule has 1 aliphatic heterocycles. The number of halogens is 1. The maximum Gasteiger partial charge on any atom is 0.240 e. The quantitative estimate of drug-likeness (QED) is 0.881. The van der Waals surface area contributed by atoms with Gasteiger partial charge in [0, 0.05) is 25.6 Å². The van der Waals surface area contributed by atoms with Gasteiger partial charge in [0.25, 0.3) is 0 Å². The molecule has 1 aromatic rings. The van der Waals surface area contributed by atoms with E-state index >= 15 is 0 Å². The predicted molar refractivity (Wildman–Crippen MR) is 90.5 cm³/mol. The molecule has 5 nitrogen and oxygen atoms in total. The lowest BCUT2D eigenvalue weighted by atomic mass is 10.0. The number of aryl methyl sites for hydroxylation is 1. The van der Waals surface area contributed by atoms with Crippen LogP contribution < -0.4 is 4.72 Å². The summed E-state index contributed by atoms with van der Waals surface area (Å²) in [6.45, 7) is 6.66. The smallest absolute Gasteiger partial charge is 0.240 e. The molecule has 0 unspecified atom stereocenters. The number of carbonyl (C=O) groups is 1. The van der Waals surface area contributed by atoms with Gasteiger partial charge in [0.05, 0.1) is 4.90 Å². The number of amides is 1. The molecule has 7 heteroatoms. The van der Waals surface area contributed by atoms with Crippen LogP contribution in [0.5, 0.6) is 0 Å². The lowest BCUT2D eigenvalue weighted by Crippen LogP contribution is -2.46. The van der Waals surface area contributed by atoms with E-state index in [9.17, 15) is 17.6 Å². The first-order valence-corrected chi connectivity index (χ1v) is 9.73. The highest BCUT2D eigenvalue weighted by Crippen LogP contribution is 2.18. The molecular formula is C17H25FN2O3S. The second-order valence-corrected chi connectivity index (χ2v) is 8.50. The van der Waals surface area contributed by atoms with Crippen molar-refractivity contribution in [3.63, 3.8) is 0 Å². The minimum absolute atomic E-state index is 0.0692.